The molecule has 6 aromatic rings. The molecule has 0 amide bonds. The Bertz CT molecular complexity index is 1910. The minimum atomic E-state index is 0.172. The molecule has 0 aliphatic rings. The average molecular weight is 790 g/mol. The minimum Gasteiger partial charge on any atom is -0.872 e. The predicted molar refractivity (Wildman–Crippen MR) is 224 cm³/mol. The second kappa shape index (κ2) is 20.3. The van der Waals surface area contributed by atoms with Gasteiger partial charge in [-0.25, -0.2) is 0 Å². The van der Waals surface area contributed by atoms with E-state index in [0.717, 1.165) is 33.4 Å². The molecular weight excluding hydrogens is 728 g/mol. The van der Waals surface area contributed by atoms with Gasteiger partial charge < -0.3 is 10.2 Å². The van der Waals surface area contributed by atoms with E-state index in [1.807, 2.05) is 65.8 Å². The molecule has 276 valence electrons. The van der Waals surface area contributed by atoms with Crippen molar-refractivity contribution in [2.75, 3.05) is 0 Å². The van der Waals surface area contributed by atoms with Crippen LogP contribution in [0.4, 0.5) is 0 Å². The van der Waals surface area contributed by atoms with Crippen molar-refractivity contribution in [2.45, 2.75) is 122 Å². The predicted octanol–water partition coefficient (Wildman–Crippen LogP) is 12.8. The van der Waals surface area contributed by atoms with E-state index in [2.05, 4.69) is 117 Å². The van der Waals surface area contributed by atoms with Crippen LogP contribution < -0.4 is 10.2 Å². The van der Waals surface area contributed by atoms with Gasteiger partial charge in [0.05, 0.1) is 0 Å². The van der Waals surface area contributed by atoms with Crippen LogP contribution in [0.15, 0.2) is 72.8 Å². The van der Waals surface area contributed by atoms with Crippen LogP contribution in [-0.4, -0.2) is 5.43 Å². The van der Waals surface area contributed by atoms with Gasteiger partial charge in [-0.15, -0.1) is 68.4 Å². The molecule has 0 aliphatic heterocycles. The van der Waals surface area contributed by atoms with Crippen LogP contribution in [-0.2, 0) is 23.3 Å². The van der Waals surface area contributed by atoms with Gasteiger partial charge >= 0.3 is 41.9 Å². The molecule has 0 N–H and O–H groups in total. The van der Waals surface area contributed by atoms with E-state index in [4.69, 9.17) is 0 Å². The van der Waals surface area contributed by atoms with Crippen LogP contribution in [0.3, 0.4) is 0 Å². The van der Waals surface area contributed by atoms with E-state index in [1.54, 1.807) is 23.3 Å². The monoisotopic (exact) mass is 788 g/mol. The van der Waals surface area contributed by atoms with E-state index in [9.17, 15) is 10.2 Å². The maximum Gasteiger partial charge on any atom is -0.0306 e. The van der Waals surface area contributed by atoms with Crippen LogP contribution in [0, 0.1) is 69.2 Å². The maximum atomic E-state index is 11.1. The molecule has 0 bridgehead atoms. The number of hydrogen-bond donors (Lipinski definition) is 0. The molecule has 2 nitrogen and oxygen atoms in total. The van der Waals surface area contributed by atoms with E-state index in [1.165, 1.54) is 54.9 Å². The first kappa shape index (κ1) is 45.0. The zero-order valence-electron chi connectivity index (χ0n) is 34.9. The summed E-state index contributed by atoms with van der Waals surface area (Å²) in [4.78, 5) is 0. The Balaban J connectivity index is 0.000000235. The summed E-state index contributed by atoms with van der Waals surface area (Å²) in [6, 6.07) is 26.0. The second-order valence-electron chi connectivity index (χ2n) is 15.5. The molecule has 0 saturated heterocycles. The topological polar surface area (TPSA) is 46.1 Å². The molecule has 0 unspecified atom stereocenters. The molecule has 4 heteroatoms. The molecule has 0 radical (unpaired) electrons. The Morgan fingerprint density at radius 1 is 0.462 bits per heavy atom. The smallest absolute Gasteiger partial charge is 0.0306 e. The first-order chi connectivity index (χ1) is 24.1. The SMILES string of the molecule is C[Si](C)=[Zr+2].Cc1cc(C)c([O-])c(C)c1.Cc1cc(C)c([O-])c(C)c1.Cc1cc2c(C)cc(C(C)C)cc2[cH-]1.Cc1cc2c(C)cc(C(C)C)cc2[cH-]1. The van der Waals surface area contributed by atoms with Gasteiger partial charge in [-0.2, -0.15) is 12.1 Å². The van der Waals surface area contributed by atoms with Gasteiger partial charge in [0.1, 0.15) is 0 Å². The molecule has 6 aromatic carbocycles. The Morgan fingerprint density at radius 2 is 0.731 bits per heavy atom. The largest absolute Gasteiger partial charge is 0.872 e. The van der Waals surface area contributed by atoms with E-state index in [0.29, 0.717) is 11.8 Å². The van der Waals surface area contributed by atoms with Gasteiger partial charge in [0, 0.05) is 0 Å². The Kier molecular flexibility index (Phi) is 17.6. The quantitative estimate of drug-likeness (QED) is 0.130. The van der Waals surface area contributed by atoms with Crippen molar-refractivity contribution >= 4 is 27.0 Å². The van der Waals surface area contributed by atoms with Crippen molar-refractivity contribution < 1.29 is 33.5 Å². The first-order valence-electron chi connectivity index (χ1n) is 18.5. The van der Waals surface area contributed by atoms with Crippen LogP contribution in [0.2, 0.25) is 13.1 Å². The first-order valence-corrected chi connectivity index (χ1v) is 24.7. The normalized spacial score (nSPS) is 10.5. The zero-order chi connectivity index (χ0) is 39.6. The summed E-state index contributed by atoms with van der Waals surface area (Å²) < 4.78 is 0. The van der Waals surface area contributed by atoms with Gasteiger partial charge in [-0.1, -0.05) is 134 Å². The number of hydrogen-bond acceptors (Lipinski definition) is 2. The molecule has 0 saturated carbocycles. The van der Waals surface area contributed by atoms with Crippen molar-refractivity contribution in [3.63, 3.8) is 0 Å². The third-order valence-electron chi connectivity index (χ3n) is 8.94. The summed E-state index contributed by atoms with van der Waals surface area (Å²) in [5.74, 6) is 1.58. The molecular formula is C48H62O2SiZr-2. The molecule has 0 atom stereocenters. The molecule has 0 aromatic heterocycles. The van der Waals surface area contributed by atoms with Crippen molar-refractivity contribution in [3.8, 4) is 11.5 Å². The Labute approximate surface area is 331 Å². The fourth-order valence-electron chi connectivity index (χ4n) is 6.37. The van der Waals surface area contributed by atoms with Crippen LogP contribution in [0.1, 0.15) is 106 Å². The number of aryl methyl sites for hydroxylation is 10. The third-order valence-corrected chi connectivity index (χ3v) is 8.94. The molecule has 6 rings (SSSR count). The fourth-order valence-corrected chi connectivity index (χ4v) is 6.37. The van der Waals surface area contributed by atoms with E-state index < -0.39 is 0 Å². The van der Waals surface area contributed by atoms with Gasteiger partial charge in [0.15, 0.2) is 0 Å². The molecule has 0 aliphatic carbocycles. The van der Waals surface area contributed by atoms with Gasteiger partial charge in [-0.3, -0.25) is 0 Å². The van der Waals surface area contributed by atoms with Crippen molar-refractivity contribution in [3.05, 3.63) is 140 Å². The third kappa shape index (κ3) is 13.7. The molecule has 0 spiro atoms. The average Bonchev–Trinajstić information content (AvgIpc) is 3.60. The summed E-state index contributed by atoms with van der Waals surface area (Å²) in [5.41, 5.74) is 14.3. The van der Waals surface area contributed by atoms with Gasteiger partial charge in [-0.05, 0) is 67.2 Å². The van der Waals surface area contributed by atoms with Crippen molar-refractivity contribution in [1.82, 2.24) is 0 Å². The van der Waals surface area contributed by atoms with Crippen LogP contribution in [0.25, 0.3) is 21.5 Å². The van der Waals surface area contributed by atoms with E-state index in [-0.39, 0.29) is 16.9 Å². The fraction of sp³-hybridized carbons (Fsp3) is 0.375. The summed E-state index contributed by atoms with van der Waals surface area (Å²) in [6.45, 7) is 33.7. The van der Waals surface area contributed by atoms with Gasteiger partial charge in [0.25, 0.3) is 0 Å². The van der Waals surface area contributed by atoms with Crippen molar-refractivity contribution in [2.24, 2.45) is 0 Å². The minimum absolute atomic E-state index is 0.172. The Morgan fingerprint density at radius 3 is 0.981 bits per heavy atom. The Hall–Kier alpha value is -3.20. The zero-order valence-corrected chi connectivity index (χ0v) is 38.4. The summed E-state index contributed by atoms with van der Waals surface area (Å²) in [6.07, 6.45) is 0. The van der Waals surface area contributed by atoms with E-state index >= 15 is 0 Å². The van der Waals surface area contributed by atoms with Crippen LogP contribution >= 0.6 is 0 Å². The van der Waals surface area contributed by atoms with Gasteiger partial charge in [0.2, 0.25) is 0 Å². The number of benzene rings is 4. The summed E-state index contributed by atoms with van der Waals surface area (Å²) >= 11 is 1.74. The standard InChI is InChI=1S/2C14H17.2C9H12O.C2H6Si.Zr/c2*1-9(2)12-7-11(4)14-6-10(3)5-13(14)8-12;2*1-6-4-7(2)9(10)8(3)5-6;1-3-2;/h2*5-9H,1-4H3;2*4-5,10H,1-3H3;1-2H3;/q2*-1;;;;+2/p-2. The van der Waals surface area contributed by atoms with Crippen molar-refractivity contribution in [1.29, 1.82) is 0 Å². The molecule has 52 heavy (non-hydrogen) atoms. The summed E-state index contributed by atoms with van der Waals surface area (Å²) in [5, 5.41) is 27.8. The molecule has 0 fully saturated rings. The number of fused-ring (bicyclic) bond motifs is 2. The summed E-state index contributed by atoms with van der Waals surface area (Å²) in [7, 11) is 0. The second-order valence-corrected chi connectivity index (χ2v) is 24.9. The molecule has 0 heterocycles. The maximum absolute atomic E-state index is 11.1. The van der Waals surface area contributed by atoms with Crippen LogP contribution in [0.5, 0.6) is 11.5 Å². The number of rotatable bonds is 2.